The lowest BCUT2D eigenvalue weighted by Crippen LogP contribution is -2.19. The highest BCUT2D eigenvalue weighted by Gasteiger charge is 2.11. The number of anilines is 1. The molecule has 5 nitrogen and oxygen atoms in total. The summed E-state index contributed by atoms with van der Waals surface area (Å²) in [7, 11) is 1.60. The van der Waals surface area contributed by atoms with E-state index in [1.807, 2.05) is 24.3 Å². The van der Waals surface area contributed by atoms with E-state index in [1.54, 1.807) is 31.5 Å². The first-order valence-corrected chi connectivity index (χ1v) is 8.47. The smallest absolute Gasteiger partial charge is 0.251 e. The average molecular weight is 391 g/mol. The minimum Gasteiger partial charge on any atom is -0.497 e. The van der Waals surface area contributed by atoms with Crippen LogP contribution < -0.4 is 20.8 Å². The molecule has 1 heterocycles. The number of hydrogen-bond donors (Lipinski definition) is 1. The molecule has 0 aliphatic carbocycles. The number of aromatic nitrogens is 1. The van der Waals surface area contributed by atoms with Crippen molar-refractivity contribution < 1.29 is 9.47 Å². The second-order valence-corrected chi connectivity index (χ2v) is 6.41. The molecule has 0 saturated carbocycles. The van der Waals surface area contributed by atoms with Crippen LogP contribution in [-0.4, -0.2) is 11.7 Å². The van der Waals surface area contributed by atoms with Gasteiger partial charge < -0.3 is 19.8 Å². The molecule has 7 heteroatoms. The van der Waals surface area contributed by atoms with E-state index < -0.39 is 0 Å². The molecule has 2 aromatic carbocycles. The number of ether oxygens (including phenoxy) is 2. The van der Waals surface area contributed by atoms with Crippen LogP contribution in [0.3, 0.4) is 0 Å². The van der Waals surface area contributed by atoms with Gasteiger partial charge in [-0.05, 0) is 35.9 Å². The van der Waals surface area contributed by atoms with Gasteiger partial charge in [-0.25, -0.2) is 0 Å². The third-order valence-corrected chi connectivity index (χ3v) is 4.25. The molecule has 0 bridgehead atoms. The SMILES string of the molecule is COc1cccc(Cn2cc(Oc3c(Cl)cc(N)cc3Cl)ccc2=O)c1. The Balaban J connectivity index is 1.89. The Morgan fingerprint density at radius 3 is 2.46 bits per heavy atom. The lowest BCUT2D eigenvalue weighted by molar-refractivity contribution is 0.414. The molecular weight excluding hydrogens is 375 g/mol. The second kappa shape index (κ2) is 7.72. The summed E-state index contributed by atoms with van der Waals surface area (Å²) in [5.41, 5.74) is 6.90. The first-order chi connectivity index (χ1) is 12.5. The van der Waals surface area contributed by atoms with E-state index in [1.165, 1.54) is 10.6 Å². The van der Waals surface area contributed by atoms with Crippen molar-refractivity contribution in [1.29, 1.82) is 0 Å². The summed E-state index contributed by atoms with van der Waals surface area (Å²) < 4.78 is 12.5. The molecule has 0 amide bonds. The van der Waals surface area contributed by atoms with Crippen LogP contribution in [0.2, 0.25) is 10.0 Å². The minimum atomic E-state index is -0.158. The molecule has 26 heavy (non-hydrogen) atoms. The fraction of sp³-hybridized carbons (Fsp3) is 0.105. The Kier molecular flexibility index (Phi) is 5.40. The van der Waals surface area contributed by atoms with E-state index >= 15 is 0 Å². The Morgan fingerprint density at radius 2 is 1.77 bits per heavy atom. The molecule has 3 rings (SSSR count). The maximum Gasteiger partial charge on any atom is 0.251 e. The van der Waals surface area contributed by atoms with Gasteiger partial charge in [0.1, 0.15) is 11.5 Å². The molecule has 0 aliphatic rings. The van der Waals surface area contributed by atoms with Crippen molar-refractivity contribution in [2.24, 2.45) is 0 Å². The zero-order valence-electron chi connectivity index (χ0n) is 13.9. The summed E-state index contributed by atoms with van der Waals surface area (Å²) >= 11 is 12.3. The summed E-state index contributed by atoms with van der Waals surface area (Å²) in [5, 5.41) is 0.584. The molecule has 134 valence electrons. The predicted octanol–water partition coefficient (Wildman–Crippen LogP) is 4.59. The van der Waals surface area contributed by atoms with Crippen molar-refractivity contribution in [1.82, 2.24) is 4.57 Å². The van der Waals surface area contributed by atoms with Crippen molar-refractivity contribution in [3.05, 3.63) is 80.7 Å². The van der Waals surface area contributed by atoms with E-state index in [-0.39, 0.29) is 11.3 Å². The summed E-state index contributed by atoms with van der Waals surface area (Å²) in [6, 6.07) is 13.6. The number of methoxy groups -OCH3 is 1. The number of halogens is 2. The first kappa shape index (κ1) is 18.2. The molecule has 0 unspecified atom stereocenters. The van der Waals surface area contributed by atoms with Crippen molar-refractivity contribution in [2.45, 2.75) is 6.54 Å². The first-order valence-electron chi connectivity index (χ1n) is 7.72. The number of nitrogens with zero attached hydrogens (tertiary/aromatic N) is 1. The lowest BCUT2D eigenvalue weighted by atomic mass is 10.2. The zero-order valence-corrected chi connectivity index (χ0v) is 15.4. The van der Waals surface area contributed by atoms with Gasteiger partial charge in [0.05, 0.1) is 29.9 Å². The van der Waals surface area contributed by atoms with Gasteiger partial charge in [0, 0.05) is 11.8 Å². The van der Waals surface area contributed by atoms with Crippen LogP contribution in [0.1, 0.15) is 5.56 Å². The van der Waals surface area contributed by atoms with E-state index in [4.69, 9.17) is 38.4 Å². The molecule has 1 aromatic heterocycles. The summed E-state index contributed by atoms with van der Waals surface area (Å²) in [6.45, 7) is 0.371. The van der Waals surface area contributed by atoms with Crippen LogP contribution in [0.15, 0.2) is 59.5 Å². The van der Waals surface area contributed by atoms with E-state index in [0.29, 0.717) is 28.0 Å². The summed E-state index contributed by atoms with van der Waals surface area (Å²) in [6.07, 6.45) is 1.60. The largest absolute Gasteiger partial charge is 0.497 e. The van der Waals surface area contributed by atoms with Gasteiger partial charge in [0.25, 0.3) is 5.56 Å². The van der Waals surface area contributed by atoms with Crippen molar-refractivity contribution >= 4 is 28.9 Å². The molecule has 0 aliphatic heterocycles. The monoisotopic (exact) mass is 390 g/mol. The molecule has 0 saturated heterocycles. The number of nitrogens with two attached hydrogens (primary N) is 1. The third-order valence-electron chi connectivity index (χ3n) is 3.68. The Bertz CT molecular complexity index is 979. The quantitative estimate of drug-likeness (QED) is 0.647. The molecular formula is C19H16Cl2N2O3. The molecule has 0 atom stereocenters. The van der Waals surface area contributed by atoms with Gasteiger partial charge in [-0.3, -0.25) is 4.79 Å². The van der Waals surface area contributed by atoms with Crippen LogP contribution in [0.4, 0.5) is 5.69 Å². The lowest BCUT2D eigenvalue weighted by Gasteiger charge is -2.13. The van der Waals surface area contributed by atoms with Crippen LogP contribution in [0.25, 0.3) is 0 Å². The van der Waals surface area contributed by atoms with E-state index in [9.17, 15) is 4.79 Å². The molecule has 0 radical (unpaired) electrons. The third kappa shape index (κ3) is 4.12. The normalized spacial score (nSPS) is 10.6. The van der Waals surface area contributed by atoms with Gasteiger partial charge in [-0.2, -0.15) is 0 Å². The Morgan fingerprint density at radius 1 is 1.04 bits per heavy atom. The van der Waals surface area contributed by atoms with Crippen LogP contribution in [0.5, 0.6) is 17.2 Å². The average Bonchev–Trinajstić information content (AvgIpc) is 2.61. The standard InChI is InChI=1S/C19H16Cl2N2O3/c1-25-14-4-2-3-12(7-14)10-23-11-15(5-6-18(23)24)26-19-16(20)8-13(22)9-17(19)21/h2-9,11H,10,22H2,1H3. The molecule has 0 spiro atoms. The number of nitrogen functional groups attached to an aromatic ring is 1. The molecule has 0 fully saturated rings. The van der Waals surface area contributed by atoms with Crippen molar-refractivity contribution in [3.63, 3.8) is 0 Å². The summed E-state index contributed by atoms with van der Waals surface area (Å²) in [4.78, 5) is 12.2. The fourth-order valence-corrected chi connectivity index (χ4v) is 3.04. The predicted molar refractivity (Wildman–Crippen MR) is 104 cm³/mol. The Labute approximate surface area is 160 Å². The van der Waals surface area contributed by atoms with Crippen LogP contribution >= 0.6 is 23.2 Å². The number of benzene rings is 2. The zero-order chi connectivity index (χ0) is 18.7. The molecule has 3 aromatic rings. The maximum absolute atomic E-state index is 12.2. The van der Waals surface area contributed by atoms with E-state index in [0.717, 1.165) is 11.3 Å². The van der Waals surface area contributed by atoms with Crippen LogP contribution in [0, 0.1) is 0 Å². The highest BCUT2D eigenvalue weighted by atomic mass is 35.5. The van der Waals surface area contributed by atoms with Crippen molar-refractivity contribution in [3.8, 4) is 17.2 Å². The topological polar surface area (TPSA) is 66.5 Å². The van der Waals surface area contributed by atoms with Gasteiger partial charge in [0.2, 0.25) is 0 Å². The highest BCUT2D eigenvalue weighted by molar-refractivity contribution is 6.37. The maximum atomic E-state index is 12.2. The number of hydrogen-bond acceptors (Lipinski definition) is 4. The van der Waals surface area contributed by atoms with E-state index in [2.05, 4.69) is 0 Å². The number of pyridine rings is 1. The second-order valence-electron chi connectivity index (χ2n) is 5.60. The highest BCUT2D eigenvalue weighted by Crippen LogP contribution is 2.37. The minimum absolute atomic E-state index is 0.158. The van der Waals surface area contributed by atoms with Crippen molar-refractivity contribution in [2.75, 3.05) is 12.8 Å². The number of rotatable bonds is 5. The van der Waals surface area contributed by atoms with Gasteiger partial charge in [0.15, 0.2) is 5.75 Å². The van der Waals surface area contributed by atoms with Crippen LogP contribution in [-0.2, 0) is 6.54 Å². The molecule has 2 N–H and O–H groups in total. The fourth-order valence-electron chi connectivity index (χ4n) is 2.46. The van der Waals surface area contributed by atoms with Gasteiger partial charge >= 0.3 is 0 Å². The van der Waals surface area contributed by atoms with Gasteiger partial charge in [-0.1, -0.05) is 35.3 Å². The Hall–Kier alpha value is -2.63. The van der Waals surface area contributed by atoms with Gasteiger partial charge in [-0.15, -0.1) is 0 Å². The summed E-state index contributed by atoms with van der Waals surface area (Å²) in [5.74, 6) is 1.44.